The first-order chi connectivity index (χ1) is 6.81. The number of benzene rings is 2. The van der Waals surface area contributed by atoms with Crippen LogP contribution in [0.25, 0.3) is 10.8 Å². The highest BCUT2D eigenvalue weighted by atomic mass is 35.5. The van der Waals surface area contributed by atoms with E-state index in [1.165, 1.54) is 5.39 Å². The second-order valence-electron chi connectivity index (χ2n) is 3.26. The third-order valence-corrected chi connectivity index (χ3v) is 2.55. The lowest BCUT2D eigenvalue weighted by atomic mass is 10.0. The zero-order valence-corrected chi connectivity index (χ0v) is 8.46. The van der Waals surface area contributed by atoms with Gasteiger partial charge >= 0.3 is 0 Å². The van der Waals surface area contributed by atoms with Crippen molar-refractivity contribution in [3.8, 4) is 0 Å². The van der Waals surface area contributed by atoms with Crippen molar-refractivity contribution in [1.29, 1.82) is 0 Å². The molecule has 2 aromatic rings. The Hall–Kier alpha value is -1.05. The first-order valence-electron chi connectivity index (χ1n) is 4.59. The molecule has 14 heavy (non-hydrogen) atoms. The number of rotatable bonds is 2. The summed E-state index contributed by atoms with van der Waals surface area (Å²) in [6.07, 6.45) is 0.678. The molecule has 0 fully saturated rings. The van der Waals surface area contributed by atoms with Crippen LogP contribution in [0, 0.1) is 0 Å². The lowest BCUT2D eigenvalue weighted by Crippen LogP contribution is -1.91. The van der Waals surface area contributed by atoms with E-state index in [1.54, 1.807) is 0 Å². The summed E-state index contributed by atoms with van der Waals surface area (Å²) in [7, 11) is 0. The molecule has 0 heterocycles. The monoisotopic (exact) mass is 206 g/mol. The van der Waals surface area contributed by atoms with Crippen molar-refractivity contribution < 1.29 is 5.11 Å². The van der Waals surface area contributed by atoms with Crippen molar-refractivity contribution in [2.45, 2.75) is 6.42 Å². The SMILES string of the molecule is OCCc1cccc2ccc(Cl)cc12. The zero-order chi connectivity index (χ0) is 9.97. The van der Waals surface area contributed by atoms with Crippen LogP contribution in [0.5, 0.6) is 0 Å². The van der Waals surface area contributed by atoms with Crippen LogP contribution in [0.1, 0.15) is 5.56 Å². The van der Waals surface area contributed by atoms with Gasteiger partial charge in [0.15, 0.2) is 0 Å². The van der Waals surface area contributed by atoms with Gasteiger partial charge in [-0.25, -0.2) is 0 Å². The highest BCUT2D eigenvalue weighted by Crippen LogP contribution is 2.22. The predicted molar refractivity (Wildman–Crippen MR) is 59.7 cm³/mol. The summed E-state index contributed by atoms with van der Waals surface area (Å²) >= 11 is 5.93. The molecule has 0 aliphatic rings. The predicted octanol–water partition coefficient (Wildman–Crippen LogP) is 3.03. The molecule has 0 unspecified atom stereocenters. The molecular formula is C12H11ClO. The Bertz CT molecular complexity index is 451. The molecule has 0 bridgehead atoms. The third-order valence-electron chi connectivity index (χ3n) is 2.32. The molecule has 2 aromatic carbocycles. The van der Waals surface area contributed by atoms with Crippen molar-refractivity contribution in [1.82, 2.24) is 0 Å². The topological polar surface area (TPSA) is 20.2 Å². The largest absolute Gasteiger partial charge is 0.396 e. The maximum Gasteiger partial charge on any atom is 0.0471 e. The second-order valence-corrected chi connectivity index (χ2v) is 3.69. The summed E-state index contributed by atoms with van der Waals surface area (Å²) in [6.45, 7) is 0.172. The van der Waals surface area contributed by atoms with E-state index in [-0.39, 0.29) is 6.61 Å². The van der Waals surface area contributed by atoms with Gasteiger partial charge in [0.2, 0.25) is 0 Å². The van der Waals surface area contributed by atoms with Gasteiger partial charge in [0, 0.05) is 11.6 Å². The van der Waals surface area contributed by atoms with E-state index < -0.39 is 0 Å². The van der Waals surface area contributed by atoms with E-state index in [9.17, 15) is 0 Å². The van der Waals surface area contributed by atoms with Crippen molar-refractivity contribution in [3.05, 3.63) is 47.0 Å². The molecule has 2 rings (SSSR count). The summed E-state index contributed by atoms with van der Waals surface area (Å²) in [5.74, 6) is 0. The highest BCUT2D eigenvalue weighted by Gasteiger charge is 2.00. The normalized spacial score (nSPS) is 10.7. The number of hydrogen-bond acceptors (Lipinski definition) is 1. The lowest BCUT2D eigenvalue weighted by Gasteiger charge is -2.04. The van der Waals surface area contributed by atoms with Crippen molar-refractivity contribution in [2.24, 2.45) is 0 Å². The van der Waals surface area contributed by atoms with E-state index in [4.69, 9.17) is 16.7 Å². The average molecular weight is 207 g/mol. The third kappa shape index (κ3) is 1.74. The Kier molecular flexibility index (Phi) is 2.71. The van der Waals surface area contributed by atoms with Crippen molar-refractivity contribution in [2.75, 3.05) is 6.61 Å². The number of aliphatic hydroxyl groups excluding tert-OH is 1. The van der Waals surface area contributed by atoms with Crippen LogP contribution in [-0.4, -0.2) is 11.7 Å². The quantitative estimate of drug-likeness (QED) is 0.801. The summed E-state index contributed by atoms with van der Waals surface area (Å²) in [6, 6.07) is 11.9. The fourth-order valence-electron chi connectivity index (χ4n) is 1.65. The zero-order valence-electron chi connectivity index (χ0n) is 7.70. The van der Waals surface area contributed by atoms with Gasteiger partial charge < -0.3 is 5.11 Å². The fraction of sp³-hybridized carbons (Fsp3) is 0.167. The van der Waals surface area contributed by atoms with E-state index in [2.05, 4.69) is 0 Å². The molecule has 1 nitrogen and oxygen atoms in total. The summed E-state index contributed by atoms with van der Waals surface area (Å²) < 4.78 is 0. The van der Waals surface area contributed by atoms with E-state index in [1.807, 2.05) is 36.4 Å². The fourth-order valence-corrected chi connectivity index (χ4v) is 1.82. The first kappa shape index (κ1) is 9.50. The minimum Gasteiger partial charge on any atom is -0.396 e. The van der Waals surface area contributed by atoms with Crippen LogP contribution in [0.15, 0.2) is 36.4 Å². The Morgan fingerprint density at radius 2 is 2.00 bits per heavy atom. The maximum absolute atomic E-state index is 8.92. The van der Waals surface area contributed by atoms with Gasteiger partial charge in [-0.05, 0) is 34.9 Å². The minimum atomic E-state index is 0.172. The molecule has 0 radical (unpaired) electrons. The molecule has 0 aliphatic heterocycles. The molecule has 0 saturated heterocycles. The van der Waals surface area contributed by atoms with Crippen LogP contribution in [-0.2, 0) is 6.42 Å². The van der Waals surface area contributed by atoms with Crippen molar-refractivity contribution >= 4 is 22.4 Å². The van der Waals surface area contributed by atoms with Gasteiger partial charge in [-0.15, -0.1) is 0 Å². The molecule has 0 spiro atoms. The van der Waals surface area contributed by atoms with Gasteiger partial charge in [0.25, 0.3) is 0 Å². The van der Waals surface area contributed by atoms with E-state index >= 15 is 0 Å². The summed E-state index contributed by atoms with van der Waals surface area (Å²) in [5, 5.41) is 12.0. The molecule has 0 aliphatic carbocycles. The Morgan fingerprint density at radius 1 is 1.14 bits per heavy atom. The summed E-state index contributed by atoms with van der Waals surface area (Å²) in [5.41, 5.74) is 1.15. The maximum atomic E-state index is 8.92. The molecule has 0 saturated carbocycles. The second kappa shape index (κ2) is 3.99. The number of hydrogen-bond donors (Lipinski definition) is 1. The van der Waals surface area contributed by atoms with E-state index in [0.717, 1.165) is 16.0 Å². The molecule has 0 atom stereocenters. The number of fused-ring (bicyclic) bond motifs is 1. The van der Waals surface area contributed by atoms with Gasteiger partial charge in [0.1, 0.15) is 0 Å². The number of aliphatic hydroxyl groups is 1. The average Bonchev–Trinajstić information content (AvgIpc) is 2.19. The van der Waals surface area contributed by atoms with Crippen LogP contribution in [0.2, 0.25) is 5.02 Å². The number of halogens is 1. The summed E-state index contributed by atoms with van der Waals surface area (Å²) in [4.78, 5) is 0. The van der Waals surface area contributed by atoms with Crippen LogP contribution >= 0.6 is 11.6 Å². The van der Waals surface area contributed by atoms with Gasteiger partial charge in [-0.3, -0.25) is 0 Å². The van der Waals surface area contributed by atoms with Crippen LogP contribution < -0.4 is 0 Å². The lowest BCUT2D eigenvalue weighted by molar-refractivity contribution is 0.300. The minimum absolute atomic E-state index is 0.172. The first-order valence-corrected chi connectivity index (χ1v) is 4.97. The highest BCUT2D eigenvalue weighted by molar-refractivity contribution is 6.31. The molecule has 0 amide bonds. The Morgan fingerprint density at radius 3 is 2.79 bits per heavy atom. The Labute approximate surface area is 87.9 Å². The van der Waals surface area contributed by atoms with Crippen LogP contribution in [0.4, 0.5) is 0 Å². The molecule has 0 aromatic heterocycles. The molecular weight excluding hydrogens is 196 g/mol. The Balaban J connectivity index is 2.64. The molecule has 2 heteroatoms. The van der Waals surface area contributed by atoms with Gasteiger partial charge in [0.05, 0.1) is 0 Å². The van der Waals surface area contributed by atoms with Gasteiger partial charge in [-0.1, -0.05) is 35.9 Å². The molecule has 72 valence electrons. The van der Waals surface area contributed by atoms with E-state index in [0.29, 0.717) is 6.42 Å². The smallest absolute Gasteiger partial charge is 0.0471 e. The standard InChI is InChI=1S/C12H11ClO/c13-11-5-4-9-2-1-3-10(6-7-14)12(9)8-11/h1-5,8,14H,6-7H2. The van der Waals surface area contributed by atoms with Crippen molar-refractivity contribution in [3.63, 3.8) is 0 Å². The molecule has 1 N–H and O–H groups in total. The van der Waals surface area contributed by atoms with Gasteiger partial charge in [-0.2, -0.15) is 0 Å². The van der Waals surface area contributed by atoms with Crippen LogP contribution in [0.3, 0.4) is 0 Å².